The van der Waals surface area contributed by atoms with Crippen LogP contribution in [0.4, 0.5) is 10.3 Å². The second-order valence-corrected chi connectivity index (χ2v) is 11.4. The van der Waals surface area contributed by atoms with E-state index in [9.17, 15) is 14.3 Å². The first-order chi connectivity index (χ1) is 17.4. The van der Waals surface area contributed by atoms with Gasteiger partial charge < -0.3 is 10.8 Å². The lowest BCUT2D eigenvalue weighted by molar-refractivity contribution is -0.650. The summed E-state index contributed by atoms with van der Waals surface area (Å²) in [6.07, 6.45) is 0. The molecule has 3 heterocycles. The van der Waals surface area contributed by atoms with Crippen molar-refractivity contribution in [2.75, 3.05) is 5.73 Å². The number of rotatable bonds is 5. The first-order valence-corrected chi connectivity index (χ1v) is 12.5. The fraction of sp³-hybridized carbons (Fsp3) is 0.407. The number of pyridine rings is 1. The summed E-state index contributed by atoms with van der Waals surface area (Å²) in [5, 5.41) is 14.6. The van der Waals surface area contributed by atoms with E-state index in [4.69, 9.17) is 10.8 Å². The Morgan fingerprint density at radius 3 is 2.39 bits per heavy atom. The highest BCUT2D eigenvalue weighted by atomic mass is 19.1. The summed E-state index contributed by atoms with van der Waals surface area (Å²) < 4.78 is 17.8. The Kier molecular flexibility index (Phi) is 3.10. The normalized spacial score (nSPS) is 37.4. The number of anilines is 1. The molecule has 0 aliphatic heterocycles. The van der Waals surface area contributed by atoms with E-state index in [0.29, 0.717) is 46.9 Å². The van der Waals surface area contributed by atoms with Gasteiger partial charge in [-0.15, -0.1) is 5.10 Å². The lowest BCUT2D eigenvalue weighted by atomic mass is 8.95. The van der Waals surface area contributed by atoms with E-state index < -0.39 is 5.67 Å². The molecule has 0 saturated heterocycles. The molecule has 0 spiro atoms. The topological polar surface area (TPSA) is 111 Å². The quantitative estimate of drug-likeness (QED) is 0.452. The summed E-state index contributed by atoms with van der Waals surface area (Å²) in [6, 6.07) is 13.4. The van der Waals surface area contributed by atoms with Crippen LogP contribution in [-0.4, -0.2) is 34.9 Å². The number of hydrogen-bond acceptors (Lipinski definition) is 6. The van der Waals surface area contributed by atoms with Crippen LogP contribution >= 0.6 is 0 Å². The van der Waals surface area contributed by atoms with Crippen LogP contribution in [0.25, 0.3) is 28.0 Å². The Labute approximate surface area is 204 Å². The number of halogens is 1. The average molecular weight is 483 g/mol. The van der Waals surface area contributed by atoms with E-state index in [0.717, 1.165) is 16.8 Å². The molecule has 0 unspecified atom stereocenters. The fourth-order valence-electron chi connectivity index (χ4n) is 9.43. The van der Waals surface area contributed by atoms with Crippen molar-refractivity contribution in [3.8, 4) is 22.4 Å². The van der Waals surface area contributed by atoms with Gasteiger partial charge in [-0.3, -0.25) is 4.98 Å². The highest BCUT2D eigenvalue weighted by molar-refractivity contribution is 5.90. The van der Waals surface area contributed by atoms with E-state index in [2.05, 4.69) is 9.97 Å². The van der Waals surface area contributed by atoms with Crippen molar-refractivity contribution in [3.63, 3.8) is 0 Å². The highest BCUT2D eigenvalue weighted by Crippen LogP contribution is 3.08. The van der Waals surface area contributed by atoms with Gasteiger partial charge in [0.2, 0.25) is 5.95 Å². The number of alkyl halides is 1. The smallest absolute Gasteiger partial charge is 0.353 e. The van der Waals surface area contributed by atoms with E-state index >= 15 is 0 Å². The molecule has 180 valence electrons. The molecule has 1 aromatic carbocycles. The minimum absolute atomic E-state index is 0.0531. The number of nitrogens with zero attached hydrogens (tertiary/aromatic N) is 5. The Hall–Kier alpha value is -3.59. The zero-order valence-electron chi connectivity index (χ0n) is 19.5. The predicted octanol–water partition coefficient (Wildman–Crippen LogP) is 2.46. The maximum Gasteiger partial charge on any atom is 0.353 e. The number of fused-ring (bicyclic) bond motifs is 1. The number of aliphatic hydroxyl groups excluding tert-OH is 1. The van der Waals surface area contributed by atoms with Crippen LogP contribution in [0.3, 0.4) is 0 Å². The van der Waals surface area contributed by atoms with Gasteiger partial charge in [0.05, 0.1) is 30.1 Å². The zero-order valence-corrected chi connectivity index (χ0v) is 19.5. The number of hydrogen-bond donors (Lipinski definition) is 2. The molecule has 10 rings (SSSR count). The van der Waals surface area contributed by atoms with Gasteiger partial charge in [0, 0.05) is 34.4 Å². The van der Waals surface area contributed by atoms with Crippen LogP contribution in [0.5, 0.6) is 0 Å². The van der Waals surface area contributed by atoms with Gasteiger partial charge in [0.25, 0.3) is 0 Å². The number of aromatic nitrogens is 5. The second-order valence-electron chi connectivity index (χ2n) is 11.4. The molecule has 6 aliphatic rings. The number of aryl methyl sites for hydroxylation is 1. The van der Waals surface area contributed by atoms with Crippen LogP contribution in [0.1, 0.15) is 11.4 Å². The van der Waals surface area contributed by atoms with Crippen molar-refractivity contribution < 1.29 is 9.50 Å². The summed E-state index contributed by atoms with van der Waals surface area (Å²) in [6.45, 7) is 2.17. The number of aliphatic hydroxyl groups is 1. The van der Waals surface area contributed by atoms with E-state index in [1.807, 2.05) is 43.3 Å². The van der Waals surface area contributed by atoms with E-state index in [1.165, 1.54) is 4.40 Å². The molecule has 3 aromatic heterocycles. The average Bonchev–Trinajstić information content (AvgIpc) is 3.22. The largest absolute Gasteiger partial charge is 0.390 e. The van der Waals surface area contributed by atoms with E-state index in [1.54, 1.807) is 10.7 Å². The van der Waals surface area contributed by atoms with Crippen molar-refractivity contribution in [1.82, 2.24) is 24.1 Å². The van der Waals surface area contributed by atoms with Gasteiger partial charge in [0.15, 0.2) is 5.65 Å². The lowest BCUT2D eigenvalue weighted by Crippen LogP contribution is -3.12. The number of benzene rings is 1. The molecule has 0 radical (unpaired) electrons. The van der Waals surface area contributed by atoms with Gasteiger partial charge in [-0.05, 0) is 42.4 Å². The van der Waals surface area contributed by atoms with Gasteiger partial charge in [-0.1, -0.05) is 30.3 Å². The van der Waals surface area contributed by atoms with Gasteiger partial charge >= 0.3 is 5.69 Å². The summed E-state index contributed by atoms with van der Waals surface area (Å²) in [7, 11) is 0. The first kappa shape index (κ1) is 19.6. The molecule has 6 saturated carbocycles. The monoisotopic (exact) mass is 482 g/mol. The zero-order chi connectivity index (χ0) is 24.3. The molecule has 6 fully saturated rings. The molecule has 0 atom stereocenters. The molecule has 8 nitrogen and oxygen atoms in total. The Balaban J connectivity index is 1.25. The first-order valence-electron chi connectivity index (χ1n) is 12.5. The SMILES string of the molecule is Cc1cc(-c2c(-c3ccccc3)nc(N)n3c(=O)n(CC45C6C7C4C4C5C6C74F)nc23)cc(CO)n1. The summed E-state index contributed by atoms with van der Waals surface area (Å²) in [4.78, 5) is 22.7. The third-order valence-electron chi connectivity index (χ3n) is 10.4. The Bertz CT molecular complexity index is 1670. The molecular formula is C27H23FN6O2. The molecule has 0 amide bonds. The third kappa shape index (κ3) is 1.73. The number of nitrogen functional groups attached to an aromatic ring is 1. The minimum Gasteiger partial charge on any atom is -0.390 e. The molecule has 4 aromatic rings. The van der Waals surface area contributed by atoms with Crippen molar-refractivity contribution >= 4 is 11.6 Å². The number of nitrogens with two attached hydrogens (primary N) is 1. The van der Waals surface area contributed by atoms with Crippen molar-refractivity contribution in [2.24, 2.45) is 40.9 Å². The van der Waals surface area contributed by atoms with Crippen molar-refractivity contribution in [1.29, 1.82) is 0 Å². The Morgan fingerprint density at radius 2 is 1.72 bits per heavy atom. The maximum atomic E-state index is 14.8. The Morgan fingerprint density at radius 1 is 1.03 bits per heavy atom. The van der Waals surface area contributed by atoms with Gasteiger partial charge in [-0.2, -0.15) is 0 Å². The van der Waals surface area contributed by atoms with Gasteiger partial charge in [0.1, 0.15) is 5.67 Å². The standard InChI is InChI=1S/C27H23FN6O2/c1-11-7-13(8-14(9-35)30-11)15-22(12-5-3-2-4-6-12)31-24(29)34-23(15)32-33(25(34)36)10-26-16-19-17(26)21-18(26)20(16)27(19,21)28/h2-8,16-21,35H,9-10H2,1H3,(H2,29,31). The molecule has 0 bridgehead atoms. The van der Waals surface area contributed by atoms with Crippen LogP contribution in [0, 0.1) is 47.8 Å². The lowest BCUT2D eigenvalue weighted by Gasteiger charge is -3.08. The summed E-state index contributed by atoms with van der Waals surface area (Å²) in [5.41, 5.74) is 9.83. The maximum absolute atomic E-state index is 14.8. The highest BCUT2D eigenvalue weighted by Gasteiger charge is 3.11. The molecular weight excluding hydrogens is 459 g/mol. The molecule has 9 heteroatoms. The summed E-state index contributed by atoms with van der Waals surface area (Å²) >= 11 is 0. The van der Waals surface area contributed by atoms with Crippen LogP contribution in [-0.2, 0) is 13.2 Å². The summed E-state index contributed by atoms with van der Waals surface area (Å²) in [5.74, 6) is 2.03. The van der Waals surface area contributed by atoms with Crippen LogP contribution < -0.4 is 11.4 Å². The predicted molar refractivity (Wildman–Crippen MR) is 128 cm³/mol. The van der Waals surface area contributed by atoms with Gasteiger partial charge in [-0.25, -0.2) is 23.3 Å². The fourth-order valence-corrected chi connectivity index (χ4v) is 9.43. The van der Waals surface area contributed by atoms with Crippen LogP contribution in [0.2, 0.25) is 0 Å². The van der Waals surface area contributed by atoms with Crippen molar-refractivity contribution in [2.45, 2.75) is 25.7 Å². The second kappa shape index (κ2) is 5.70. The minimum atomic E-state index is -0.860. The van der Waals surface area contributed by atoms with Crippen LogP contribution in [0.15, 0.2) is 47.3 Å². The van der Waals surface area contributed by atoms with E-state index in [-0.39, 0.29) is 41.4 Å². The molecule has 36 heavy (non-hydrogen) atoms. The molecule has 3 N–H and O–H groups in total. The third-order valence-corrected chi connectivity index (χ3v) is 10.4. The van der Waals surface area contributed by atoms with Crippen molar-refractivity contribution in [3.05, 3.63) is 64.3 Å². The molecule has 6 aliphatic carbocycles.